The summed E-state index contributed by atoms with van der Waals surface area (Å²) in [5, 5.41) is 2.72. The van der Waals surface area contributed by atoms with E-state index < -0.39 is 13.2 Å². The van der Waals surface area contributed by atoms with E-state index in [-0.39, 0.29) is 17.8 Å². The van der Waals surface area contributed by atoms with Gasteiger partial charge >= 0.3 is 13.2 Å². The maximum atomic E-state index is 11.8. The Morgan fingerprint density at radius 3 is 2.26 bits per heavy atom. The van der Waals surface area contributed by atoms with Crippen molar-refractivity contribution in [2.24, 2.45) is 0 Å². The van der Waals surface area contributed by atoms with Crippen LogP contribution in [0.2, 0.25) is 0 Å². The van der Waals surface area contributed by atoms with Crippen LogP contribution in [0.4, 0.5) is 4.79 Å². The lowest BCUT2D eigenvalue weighted by atomic mass is 9.79. The molecule has 1 aliphatic heterocycles. The smallest absolute Gasteiger partial charge is 0.445 e. The largest absolute Gasteiger partial charge is 0.494 e. The van der Waals surface area contributed by atoms with Crippen molar-refractivity contribution in [3.8, 4) is 0 Å². The van der Waals surface area contributed by atoms with E-state index >= 15 is 0 Å². The summed E-state index contributed by atoms with van der Waals surface area (Å²) >= 11 is 0. The highest BCUT2D eigenvalue weighted by Crippen LogP contribution is 2.36. The summed E-state index contributed by atoms with van der Waals surface area (Å²) in [5.41, 5.74) is 1.95. The average molecular weight is 369 g/mol. The Morgan fingerprint density at radius 1 is 1.15 bits per heavy atom. The summed E-state index contributed by atoms with van der Waals surface area (Å²) in [6.07, 6.45) is 4.51. The molecule has 2 rings (SSSR count). The van der Waals surface area contributed by atoms with Crippen LogP contribution >= 0.6 is 0 Å². The Bertz CT molecular complexity index is 706. The molecule has 6 heteroatoms. The number of amides is 1. The number of allylic oxidation sites excluding steroid dienone is 2. The van der Waals surface area contributed by atoms with Crippen molar-refractivity contribution in [3.63, 3.8) is 0 Å². The highest BCUT2D eigenvalue weighted by molar-refractivity contribution is 6.62. The van der Waals surface area contributed by atoms with E-state index in [1.807, 2.05) is 52.0 Å². The highest BCUT2D eigenvalue weighted by atomic mass is 16.7. The van der Waals surface area contributed by atoms with E-state index in [2.05, 4.69) is 18.5 Å². The zero-order valence-corrected chi connectivity index (χ0v) is 16.6. The molecule has 27 heavy (non-hydrogen) atoms. The Hall–Kier alpha value is -2.31. The summed E-state index contributed by atoms with van der Waals surface area (Å²) in [5.74, 6) is 0. The van der Waals surface area contributed by atoms with Gasteiger partial charge in [0.25, 0.3) is 0 Å². The lowest BCUT2D eigenvalue weighted by Crippen LogP contribution is -2.41. The molecule has 1 amide bonds. The van der Waals surface area contributed by atoms with Gasteiger partial charge in [0.1, 0.15) is 6.61 Å². The zero-order chi connectivity index (χ0) is 20.1. The van der Waals surface area contributed by atoms with Gasteiger partial charge in [0.05, 0.1) is 11.2 Å². The van der Waals surface area contributed by atoms with Crippen LogP contribution in [0.25, 0.3) is 0 Å². The third-order valence-electron chi connectivity index (χ3n) is 4.91. The summed E-state index contributed by atoms with van der Waals surface area (Å²) in [6.45, 7) is 15.9. The topological polar surface area (TPSA) is 56.8 Å². The van der Waals surface area contributed by atoms with Gasteiger partial charge in [-0.1, -0.05) is 55.7 Å². The van der Waals surface area contributed by atoms with Crippen molar-refractivity contribution in [2.75, 3.05) is 6.61 Å². The van der Waals surface area contributed by atoms with E-state index in [9.17, 15) is 4.79 Å². The third-order valence-corrected chi connectivity index (χ3v) is 4.91. The first-order chi connectivity index (χ1) is 12.7. The quantitative estimate of drug-likeness (QED) is 0.590. The number of hydrogen-bond donors (Lipinski definition) is 1. The van der Waals surface area contributed by atoms with E-state index in [1.165, 1.54) is 0 Å². The average Bonchev–Trinajstić information content (AvgIpc) is 2.84. The minimum Gasteiger partial charge on any atom is -0.445 e. The maximum Gasteiger partial charge on any atom is 0.494 e. The SMILES string of the molecule is C=C/C=C(\C=C)COC(=O)NCc1ccc(B2OC(C)(C)C(C)(C)O2)cc1. The molecule has 0 aliphatic carbocycles. The van der Waals surface area contributed by atoms with Gasteiger partial charge in [-0.3, -0.25) is 0 Å². The van der Waals surface area contributed by atoms with Crippen molar-refractivity contribution in [1.29, 1.82) is 0 Å². The van der Waals surface area contributed by atoms with Crippen LogP contribution in [0, 0.1) is 0 Å². The Labute approximate surface area is 162 Å². The fraction of sp³-hybridized carbons (Fsp3) is 0.381. The molecule has 0 unspecified atom stereocenters. The van der Waals surface area contributed by atoms with Gasteiger partial charge in [0.2, 0.25) is 0 Å². The predicted molar refractivity (Wildman–Crippen MR) is 109 cm³/mol. The van der Waals surface area contributed by atoms with Gasteiger partial charge in [0.15, 0.2) is 0 Å². The van der Waals surface area contributed by atoms with Crippen molar-refractivity contribution in [2.45, 2.75) is 45.4 Å². The normalized spacial score (nSPS) is 18.1. The molecule has 1 aromatic carbocycles. The molecule has 1 heterocycles. The molecule has 0 bridgehead atoms. The van der Waals surface area contributed by atoms with Gasteiger partial charge < -0.3 is 19.4 Å². The number of rotatable bonds is 7. The number of carbonyl (C=O) groups excluding carboxylic acids is 1. The molecule has 1 N–H and O–H groups in total. The fourth-order valence-electron chi connectivity index (χ4n) is 2.47. The Morgan fingerprint density at radius 2 is 1.74 bits per heavy atom. The van der Waals surface area contributed by atoms with Gasteiger partial charge in [-0.15, -0.1) is 0 Å². The number of carbonyl (C=O) groups is 1. The molecule has 0 radical (unpaired) electrons. The third kappa shape index (κ3) is 5.34. The molecule has 1 saturated heterocycles. The molecule has 1 aliphatic rings. The summed E-state index contributed by atoms with van der Waals surface area (Å²) < 4.78 is 17.2. The molecule has 0 saturated carbocycles. The summed E-state index contributed by atoms with van der Waals surface area (Å²) in [4.78, 5) is 11.8. The molecule has 1 fully saturated rings. The zero-order valence-electron chi connectivity index (χ0n) is 16.6. The van der Waals surface area contributed by atoms with Gasteiger partial charge in [-0.2, -0.15) is 0 Å². The van der Waals surface area contributed by atoms with Crippen molar-refractivity contribution < 1.29 is 18.8 Å². The molecule has 0 aromatic heterocycles. The number of alkyl carbamates (subject to hydrolysis) is 1. The minimum atomic E-state index is -0.484. The second kappa shape index (κ2) is 8.59. The lowest BCUT2D eigenvalue weighted by Gasteiger charge is -2.32. The number of ether oxygens (including phenoxy) is 1. The standard InChI is InChI=1S/C21H28BNO4/c1-7-9-16(8-2)15-25-19(24)23-14-17-10-12-18(13-11-17)22-26-20(3,4)21(5,6)27-22/h7-13H,1-2,14-15H2,3-6H3,(H,23,24)/b16-9+. The van der Waals surface area contributed by atoms with Crippen molar-refractivity contribution >= 4 is 18.7 Å². The first-order valence-electron chi connectivity index (χ1n) is 8.97. The predicted octanol–water partition coefficient (Wildman–Crippen LogP) is 3.51. The van der Waals surface area contributed by atoms with Crippen LogP contribution < -0.4 is 10.8 Å². The molecule has 1 aromatic rings. The first-order valence-corrected chi connectivity index (χ1v) is 8.97. The Balaban J connectivity index is 1.86. The van der Waals surface area contributed by atoms with Gasteiger partial charge in [0, 0.05) is 6.54 Å². The first kappa shape index (κ1) is 21.0. The van der Waals surface area contributed by atoms with Crippen LogP contribution in [0.3, 0.4) is 0 Å². The fourth-order valence-corrected chi connectivity index (χ4v) is 2.47. The molecular weight excluding hydrogens is 341 g/mol. The maximum absolute atomic E-state index is 11.8. The number of hydrogen-bond acceptors (Lipinski definition) is 4. The van der Waals surface area contributed by atoms with E-state index in [1.54, 1.807) is 18.2 Å². The number of benzene rings is 1. The van der Waals surface area contributed by atoms with Crippen LogP contribution in [0.5, 0.6) is 0 Å². The highest BCUT2D eigenvalue weighted by Gasteiger charge is 2.51. The van der Waals surface area contributed by atoms with Crippen molar-refractivity contribution in [3.05, 3.63) is 66.8 Å². The molecule has 144 valence electrons. The monoisotopic (exact) mass is 369 g/mol. The minimum absolute atomic E-state index is 0.155. The molecule has 5 nitrogen and oxygen atoms in total. The van der Waals surface area contributed by atoms with E-state index in [4.69, 9.17) is 14.0 Å². The van der Waals surface area contributed by atoms with E-state index in [0.717, 1.165) is 16.6 Å². The molecule has 0 atom stereocenters. The van der Waals surface area contributed by atoms with Crippen LogP contribution in [-0.4, -0.2) is 31.0 Å². The van der Waals surface area contributed by atoms with E-state index in [0.29, 0.717) is 6.54 Å². The van der Waals surface area contributed by atoms with Crippen LogP contribution in [-0.2, 0) is 20.6 Å². The van der Waals surface area contributed by atoms with Crippen LogP contribution in [0.15, 0.2) is 61.2 Å². The van der Waals surface area contributed by atoms with Crippen molar-refractivity contribution in [1.82, 2.24) is 5.32 Å². The van der Waals surface area contributed by atoms with Gasteiger partial charge in [-0.05, 0) is 44.3 Å². The molecule has 0 spiro atoms. The second-order valence-electron chi connectivity index (χ2n) is 7.44. The van der Waals surface area contributed by atoms with Crippen LogP contribution in [0.1, 0.15) is 33.3 Å². The molecular formula is C21H28BNO4. The van der Waals surface area contributed by atoms with Gasteiger partial charge in [-0.25, -0.2) is 4.79 Å². The summed E-state index contributed by atoms with van der Waals surface area (Å²) in [6, 6.07) is 7.78. The number of nitrogens with one attached hydrogen (secondary N) is 1. The Kier molecular flexibility index (Phi) is 6.68. The summed E-state index contributed by atoms with van der Waals surface area (Å²) in [7, 11) is -0.393. The lowest BCUT2D eigenvalue weighted by molar-refractivity contribution is 0.00578. The second-order valence-corrected chi connectivity index (χ2v) is 7.44.